The van der Waals surface area contributed by atoms with Gasteiger partial charge in [0, 0.05) is 6.42 Å². The Morgan fingerprint density at radius 2 is 0.984 bits per heavy atom. The lowest BCUT2D eigenvalue weighted by Crippen LogP contribution is -2.45. The van der Waals surface area contributed by atoms with E-state index in [1.807, 2.05) is 27.2 Å². The largest absolute Gasteiger partial charge is 0.472 e. The summed E-state index contributed by atoms with van der Waals surface area (Å²) in [5.41, 5.74) is 0. The Labute approximate surface area is 378 Å². The zero-order valence-corrected chi connectivity index (χ0v) is 41.5. The molecule has 9 heteroatoms. The van der Waals surface area contributed by atoms with Crippen LogP contribution in [0.5, 0.6) is 0 Å². The van der Waals surface area contributed by atoms with E-state index >= 15 is 0 Å². The molecule has 0 aromatic rings. The third-order valence-corrected chi connectivity index (χ3v) is 12.3. The molecule has 0 saturated heterocycles. The summed E-state index contributed by atoms with van der Waals surface area (Å²) in [6.07, 6.45) is 56.2. The Balaban J connectivity index is 4.32. The van der Waals surface area contributed by atoms with Crippen LogP contribution in [0.2, 0.25) is 0 Å². The van der Waals surface area contributed by atoms with Crippen LogP contribution in [-0.2, 0) is 18.4 Å². The fourth-order valence-corrected chi connectivity index (χ4v) is 8.03. The highest BCUT2D eigenvalue weighted by molar-refractivity contribution is 7.47. The van der Waals surface area contributed by atoms with Crippen molar-refractivity contribution < 1.29 is 32.9 Å². The van der Waals surface area contributed by atoms with Crippen molar-refractivity contribution in [2.24, 2.45) is 0 Å². The molecular weight excluding hydrogens is 780 g/mol. The summed E-state index contributed by atoms with van der Waals surface area (Å²) in [6, 6.07) is -0.853. The van der Waals surface area contributed by atoms with E-state index < -0.39 is 20.0 Å². The number of nitrogens with zero attached hydrogens (tertiary/aromatic N) is 1. The number of amides is 1. The Kier molecular flexibility index (Phi) is 42.6. The van der Waals surface area contributed by atoms with Crippen molar-refractivity contribution in [3.8, 4) is 0 Å². The highest BCUT2D eigenvalue weighted by Crippen LogP contribution is 2.43. The Morgan fingerprint density at radius 3 is 1.44 bits per heavy atom. The van der Waals surface area contributed by atoms with E-state index in [4.69, 9.17) is 9.05 Å². The molecule has 0 heterocycles. The van der Waals surface area contributed by atoms with Crippen molar-refractivity contribution >= 4 is 13.7 Å². The van der Waals surface area contributed by atoms with Gasteiger partial charge in [0.2, 0.25) is 5.91 Å². The van der Waals surface area contributed by atoms with Crippen LogP contribution in [0.25, 0.3) is 0 Å². The molecule has 0 aliphatic carbocycles. The summed E-state index contributed by atoms with van der Waals surface area (Å²) >= 11 is 0. The number of aliphatic hydroxyl groups excluding tert-OH is 1. The third-order valence-electron chi connectivity index (χ3n) is 11.3. The standard InChI is InChI=1S/C52H99N2O6P/c1-6-8-10-12-14-16-18-20-22-24-25-26-27-28-30-31-33-35-37-39-41-43-45-51(55)50(49-60-61(57,58)59-48-47-54(3,4)5)53-52(56)46-44-42-40-38-36-34-32-29-23-21-19-17-15-13-11-9-7-2/h9,11,15,17,21,23,43,45,50-51,55H,6-8,10,12-14,16,18-20,22,24-42,44,46-49H2,1-5H3,(H-,53,56,57,58)/p+1/b11-9-,17-15-,23-21-,45-43+. The van der Waals surface area contributed by atoms with Crippen LogP contribution in [0, 0.1) is 0 Å². The SMILES string of the molecule is CC/C=C\C/C=C\C/C=C\CCCCCCCCCC(=O)NC(COP(=O)(O)OCC[N+](C)(C)C)C(O)/C=C/CCCCCCCCCCCCCCCCCCCCCC. The Morgan fingerprint density at radius 1 is 0.574 bits per heavy atom. The number of carbonyl (C=O) groups is 1. The second-order valence-electron chi connectivity index (χ2n) is 18.5. The van der Waals surface area contributed by atoms with E-state index in [0.717, 1.165) is 64.2 Å². The minimum absolute atomic E-state index is 0.0583. The van der Waals surface area contributed by atoms with Crippen LogP contribution in [0.15, 0.2) is 48.6 Å². The molecule has 3 atom stereocenters. The molecule has 358 valence electrons. The number of phosphoric acid groups is 1. The minimum Gasteiger partial charge on any atom is -0.387 e. The predicted molar refractivity (Wildman–Crippen MR) is 263 cm³/mol. The zero-order valence-electron chi connectivity index (χ0n) is 40.7. The quantitative estimate of drug-likeness (QED) is 0.0243. The molecule has 61 heavy (non-hydrogen) atoms. The molecule has 0 spiro atoms. The summed E-state index contributed by atoms with van der Waals surface area (Å²) in [7, 11) is 1.56. The molecule has 0 radical (unpaired) electrons. The summed E-state index contributed by atoms with van der Waals surface area (Å²) in [5, 5.41) is 13.9. The maximum absolute atomic E-state index is 12.9. The topological polar surface area (TPSA) is 105 Å². The van der Waals surface area contributed by atoms with Gasteiger partial charge in [-0.25, -0.2) is 4.57 Å². The van der Waals surface area contributed by atoms with Gasteiger partial charge in [0.15, 0.2) is 0 Å². The summed E-state index contributed by atoms with van der Waals surface area (Å²) in [4.78, 5) is 23.2. The maximum atomic E-state index is 12.9. The van der Waals surface area contributed by atoms with Crippen LogP contribution in [0.4, 0.5) is 0 Å². The zero-order chi connectivity index (χ0) is 45.0. The average molecular weight is 880 g/mol. The molecule has 0 aromatic heterocycles. The van der Waals surface area contributed by atoms with Crippen molar-refractivity contribution in [1.29, 1.82) is 0 Å². The van der Waals surface area contributed by atoms with Crippen LogP contribution in [0.1, 0.15) is 226 Å². The normalized spacial score (nSPS) is 14.5. The number of allylic oxidation sites excluding steroid dienone is 7. The van der Waals surface area contributed by atoms with Gasteiger partial charge in [0.1, 0.15) is 13.2 Å². The first kappa shape index (κ1) is 59.5. The van der Waals surface area contributed by atoms with Crippen molar-refractivity contribution in [3.63, 3.8) is 0 Å². The number of hydrogen-bond donors (Lipinski definition) is 3. The number of unbranched alkanes of at least 4 members (excludes halogenated alkanes) is 27. The van der Waals surface area contributed by atoms with Crippen LogP contribution >= 0.6 is 7.82 Å². The number of quaternary nitrogens is 1. The first-order chi connectivity index (χ1) is 29.5. The van der Waals surface area contributed by atoms with Crippen LogP contribution in [-0.4, -0.2) is 73.4 Å². The van der Waals surface area contributed by atoms with E-state index in [-0.39, 0.29) is 19.1 Å². The average Bonchev–Trinajstić information content (AvgIpc) is 3.21. The molecule has 0 bridgehead atoms. The predicted octanol–water partition coefficient (Wildman–Crippen LogP) is 14.8. The molecule has 3 N–H and O–H groups in total. The smallest absolute Gasteiger partial charge is 0.387 e. The number of hydrogen-bond acceptors (Lipinski definition) is 5. The van der Waals surface area contributed by atoms with E-state index in [0.29, 0.717) is 17.4 Å². The number of likely N-dealkylation sites (N-methyl/N-ethyl adjacent to an activating group) is 1. The monoisotopic (exact) mass is 880 g/mol. The molecule has 8 nitrogen and oxygen atoms in total. The van der Waals surface area contributed by atoms with Gasteiger partial charge in [-0.1, -0.05) is 217 Å². The molecular formula is C52H100N2O6P+. The second kappa shape index (κ2) is 43.7. The summed E-state index contributed by atoms with van der Waals surface area (Å²) in [5.74, 6) is -0.187. The first-order valence-corrected chi connectivity index (χ1v) is 27.0. The van der Waals surface area contributed by atoms with Crippen molar-refractivity contribution in [1.82, 2.24) is 5.32 Å². The van der Waals surface area contributed by atoms with Crippen molar-refractivity contribution in [3.05, 3.63) is 48.6 Å². The van der Waals surface area contributed by atoms with Gasteiger partial charge in [0.25, 0.3) is 0 Å². The lowest BCUT2D eigenvalue weighted by Gasteiger charge is -2.25. The molecule has 3 unspecified atom stereocenters. The van der Waals surface area contributed by atoms with Gasteiger partial charge < -0.3 is 19.8 Å². The van der Waals surface area contributed by atoms with Crippen LogP contribution in [0.3, 0.4) is 0 Å². The van der Waals surface area contributed by atoms with Crippen LogP contribution < -0.4 is 5.32 Å². The lowest BCUT2D eigenvalue weighted by atomic mass is 10.0. The highest BCUT2D eigenvalue weighted by Gasteiger charge is 2.27. The molecule has 0 saturated carbocycles. The molecule has 0 aromatic carbocycles. The van der Waals surface area contributed by atoms with Gasteiger partial charge in [-0.15, -0.1) is 0 Å². The van der Waals surface area contributed by atoms with Gasteiger partial charge in [-0.05, 0) is 51.4 Å². The lowest BCUT2D eigenvalue weighted by molar-refractivity contribution is -0.870. The van der Waals surface area contributed by atoms with Gasteiger partial charge in [-0.3, -0.25) is 13.8 Å². The highest BCUT2D eigenvalue weighted by atomic mass is 31.2. The van der Waals surface area contributed by atoms with E-state index in [1.165, 1.54) is 141 Å². The van der Waals surface area contributed by atoms with E-state index in [1.54, 1.807) is 6.08 Å². The summed E-state index contributed by atoms with van der Waals surface area (Å²) in [6.45, 7) is 4.71. The van der Waals surface area contributed by atoms with Crippen molar-refractivity contribution in [2.75, 3.05) is 40.9 Å². The second-order valence-corrected chi connectivity index (χ2v) is 20.0. The Hall–Kier alpha value is -1.54. The minimum atomic E-state index is -4.35. The first-order valence-electron chi connectivity index (χ1n) is 25.5. The fourth-order valence-electron chi connectivity index (χ4n) is 7.29. The Bertz CT molecular complexity index is 1130. The molecule has 0 aliphatic rings. The maximum Gasteiger partial charge on any atom is 0.472 e. The van der Waals surface area contributed by atoms with Crippen molar-refractivity contribution in [2.45, 2.75) is 238 Å². The molecule has 0 rings (SSSR count). The number of phosphoric ester groups is 1. The number of rotatable bonds is 46. The van der Waals surface area contributed by atoms with Gasteiger partial charge in [0.05, 0.1) is 39.9 Å². The molecule has 1 amide bonds. The molecule has 0 fully saturated rings. The van der Waals surface area contributed by atoms with Gasteiger partial charge >= 0.3 is 7.82 Å². The third kappa shape index (κ3) is 46.3. The fraction of sp³-hybridized carbons (Fsp3) is 0.827. The van der Waals surface area contributed by atoms with E-state index in [2.05, 4.69) is 55.6 Å². The number of nitrogens with one attached hydrogen (secondary N) is 1. The van der Waals surface area contributed by atoms with E-state index in [9.17, 15) is 19.4 Å². The van der Waals surface area contributed by atoms with Gasteiger partial charge in [-0.2, -0.15) is 0 Å². The number of aliphatic hydroxyl groups is 1. The number of carbonyl (C=O) groups excluding carboxylic acids is 1. The summed E-state index contributed by atoms with van der Waals surface area (Å²) < 4.78 is 23.6. The molecule has 0 aliphatic heterocycles.